The molecular weight excluding hydrogens is 276 g/mol. The molecule has 0 radical (unpaired) electrons. The van der Waals surface area contributed by atoms with Crippen molar-refractivity contribution in [2.24, 2.45) is 7.05 Å². The molecule has 1 aromatic heterocycles. The summed E-state index contributed by atoms with van der Waals surface area (Å²) in [4.78, 5) is 13.7. The lowest BCUT2D eigenvalue weighted by molar-refractivity contribution is 0.0590. The fraction of sp³-hybridized carbons (Fsp3) is 0.400. The van der Waals surface area contributed by atoms with Gasteiger partial charge in [-0.15, -0.1) is 0 Å². The zero-order chi connectivity index (χ0) is 15.1. The van der Waals surface area contributed by atoms with Crippen LogP contribution in [0.15, 0.2) is 24.4 Å². The van der Waals surface area contributed by atoms with Crippen LogP contribution in [-0.4, -0.2) is 23.3 Å². The third kappa shape index (κ3) is 2.75. The number of aromatic nitrogens is 1. The molecule has 0 atom stereocenters. The summed E-state index contributed by atoms with van der Waals surface area (Å²) in [6.45, 7) is 5.53. The van der Waals surface area contributed by atoms with Crippen LogP contribution in [0.4, 0.5) is 10.5 Å². The normalized spacial score (nSPS) is 11.7. The molecule has 0 saturated carbocycles. The fourth-order valence-electron chi connectivity index (χ4n) is 2.08. The Kier molecular flexibility index (Phi) is 3.69. The Bertz CT molecular complexity index is 656. The molecule has 0 N–H and O–H groups in total. The molecule has 5 heteroatoms. The van der Waals surface area contributed by atoms with Crippen molar-refractivity contribution in [3.63, 3.8) is 0 Å². The Morgan fingerprint density at radius 3 is 2.60 bits per heavy atom. The molecule has 108 valence electrons. The highest BCUT2D eigenvalue weighted by atomic mass is 35.5. The molecule has 4 nitrogen and oxygen atoms in total. The number of carbonyl (C=O) groups is 1. The maximum Gasteiger partial charge on any atom is 0.414 e. The van der Waals surface area contributed by atoms with E-state index in [1.54, 1.807) is 7.05 Å². The Labute approximate surface area is 123 Å². The first kappa shape index (κ1) is 14.7. The zero-order valence-electron chi connectivity index (χ0n) is 12.4. The highest BCUT2D eigenvalue weighted by Gasteiger charge is 2.22. The van der Waals surface area contributed by atoms with Gasteiger partial charge < -0.3 is 9.30 Å². The second kappa shape index (κ2) is 5.02. The van der Waals surface area contributed by atoms with E-state index in [2.05, 4.69) is 0 Å². The predicted molar refractivity (Wildman–Crippen MR) is 82.6 cm³/mol. The van der Waals surface area contributed by atoms with E-state index < -0.39 is 11.7 Å². The first-order valence-electron chi connectivity index (χ1n) is 6.41. The van der Waals surface area contributed by atoms with Gasteiger partial charge in [0, 0.05) is 25.7 Å². The number of carbonyl (C=O) groups excluding carboxylic acids is 1. The summed E-state index contributed by atoms with van der Waals surface area (Å²) in [5.74, 6) is 0. The molecule has 2 aromatic rings. The third-order valence-electron chi connectivity index (χ3n) is 2.97. The van der Waals surface area contributed by atoms with E-state index in [0.29, 0.717) is 5.02 Å². The van der Waals surface area contributed by atoms with Gasteiger partial charge in [-0.1, -0.05) is 17.7 Å². The van der Waals surface area contributed by atoms with Gasteiger partial charge in [-0.05, 0) is 32.9 Å². The quantitative estimate of drug-likeness (QED) is 0.790. The average molecular weight is 295 g/mol. The Balaban J connectivity index is 2.45. The van der Waals surface area contributed by atoms with Crippen LogP contribution in [0, 0.1) is 0 Å². The number of rotatable bonds is 1. The molecule has 1 aromatic carbocycles. The molecule has 0 aliphatic rings. The van der Waals surface area contributed by atoms with Crippen LogP contribution in [0.2, 0.25) is 5.02 Å². The van der Waals surface area contributed by atoms with Crippen LogP contribution >= 0.6 is 11.6 Å². The minimum atomic E-state index is -0.528. The Morgan fingerprint density at radius 1 is 1.35 bits per heavy atom. The Morgan fingerprint density at radius 2 is 2.00 bits per heavy atom. The van der Waals surface area contributed by atoms with E-state index >= 15 is 0 Å². The van der Waals surface area contributed by atoms with E-state index in [9.17, 15) is 4.79 Å². The average Bonchev–Trinajstić information content (AvgIpc) is 2.62. The van der Waals surface area contributed by atoms with Crippen molar-refractivity contribution in [3.8, 4) is 0 Å². The standard InChI is InChI=1S/C15H19ClN2O2/c1-15(2,3)20-14(19)18(5)12-8-6-7-11-13(12)10(16)9-17(11)4/h6-9H,1-5H3. The molecule has 0 fully saturated rings. The number of amides is 1. The van der Waals surface area contributed by atoms with Crippen LogP contribution in [0.3, 0.4) is 0 Å². The first-order valence-corrected chi connectivity index (χ1v) is 6.79. The van der Waals surface area contributed by atoms with Crippen molar-refractivity contribution >= 4 is 34.3 Å². The highest BCUT2D eigenvalue weighted by molar-refractivity contribution is 6.37. The summed E-state index contributed by atoms with van der Waals surface area (Å²) in [6.07, 6.45) is 1.43. The number of fused-ring (bicyclic) bond motifs is 1. The molecule has 1 heterocycles. The van der Waals surface area contributed by atoms with Crippen LogP contribution in [-0.2, 0) is 11.8 Å². The topological polar surface area (TPSA) is 34.5 Å². The third-order valence-corrected chi connectivity index (χ3v) is 3.26. The van der Waals surface area contributed by atoms with Gasteiger partial charge in [-0.25, -0.2) is 4.79 Å². The molecule has 0 aliphatic heterocycles. The van der Waals surface area contributed by atoms with E-state index in [1.165, 1.54) is 4.90 Å². The lowest BCUT2D eigenvalue weighted by Crippen LogP contribution is -2.34. The minimum Gasteiger partial charge on any atom is -0.443 e. The summed E-state index contributed by atoms with van der Waals surface area (Å²) >= 11 is 6.27. The molecule has 0 saturated heterocycles. The van der Waals surface area contributed by atoms with Gasteiger partial charge >= 0.3 is 6.09 Å². The lowest BCUT2D eigenvalue weighted by atomic mass is 10.2. The van der Waals surface area contributed by atoms with Gasteiger partial charge in [-0.3, -0.25) is 4.90 Å². The van der Waals surface area contributed by atoms with Crippen LogP contribution in [0.1, 0.15) is 20.8 Å². The van der Waals surface area contributed by atoms with E-state index in [1.807, 2.05) is 56.8 Å². The van der Waals surface area contributed by atoms with Gasteiger partial charge in [0.1, 0.15) is 5.60 Å². The minimum absolute atomic E-state index is 0.398. The van der Waals surface area contributed by atoms with Crippen molar-refractivity contribution in [1.29, 1.82) is 0 Å². The van der Waals surface area contributed by atoms with Gasteiger partial charge in [0.25, 0.3) is 0 Å². The largest absolute Gasteiger partial charge is 0.443 e. The van der Waals surface area contributed by atoms with Gasteiger partial charge in [0.15, 0.2) is 0 Å². The van der Waals surface area contributed by atoms with E-state index in [4.69, 9.17) is 16.3 Å². The molecule has 20 heavy (non-hydrogen) atoms. The summed E-state index contributed by atoms with van der Waals surface area (Å²) in [5.41, 5.74) is 1.19. The molecular formula is C15H19ClN2O2. The number of ether oxygens (including phenoxy) is 1. The van der Waals surface area contributed by atoms with Crippen molar-refractivity contribution < 1.29 is 9.53 Å². The van der Waals surface area contributed by atoms with Crippen molar-refractivity contribution in [3.05, 3.63) is 29.4 Å². The number of anilines is 1. The van der Waals surface area contributed by atoms with Crippen LogP contribution < -0.4 is 4.90 Å². The fourth-order valence-corrected chi connectivity index (χ4v) is 2.42. The van der Waals surface area contributed by atoms with Crippen molar-refractivity contribution in [1.82, 2.24) is 4.57 Å². The monoisotopic (exact) mass is 294 g/mol. The number of hydrogen-bond donors (Lipinski definition) is 0. The number of aryl methyl sites for hydroxylation is 1. The maximum absolute atomic E-state index is 12.2. The maximum atomic E-state index is 12.2. The summed E-state index contributed by atoms with van der Waals surface area (Å²) in [5, 5.41) is 1.47. The smallest absolute Gasteiger partial charge is 0.414 e. The van der Waals surface area contributed by atoms with Gasteiger partial charge in [0.2, 0.25) is 0 Å². The van der Waals surface area contributed by atoms with Gasteiger partial charge in [0.05, 0.1) is 16.2 Å². The van der Waals surface area contributed by atoms with E-state index in [0.717, 1.165) is 16.6 Å². The van der Waals surface area contributed by atoms with Crippen LogP contribution in [0.25, 0.3) is 10.9 Å². The highest BCUT2D eigenvalue weighted by Crippen LogP contribution is 2.34. The molecule has 2 rings (SSSR count). The summed E-state index contributed by atoms with van der Waals surface area (Å²) in [6, 6.07) is 5.72. The predicted octanol–water partition coefficient (Wildman–Crippen LogP) is 4.20. The first-order chi connectivity index (χ1) is 9.20. The van der Waals surface area contributed by atoms with Gasteiger partial charge in [-0.2, -0.15) is 0 Å². The SMILES string of the molecule is CN(C(=O)OC(C)(C)C)c1cccc2c1c(Cl)cn2C. The summed E-state index contributed by atoms with van der Waals surface area (Å²) < 4.78 is 7.32. The number of hydrogen-bond acceptors (Lipinski definition) is 2. The molecule has 0 bridgehead atoms. The Hall–Kier alpha value is -1.68. The zero-order valence-corrected chi connectivity index (χ0v) is 13.2. The number of benzene rings is 1. The molecule has 0 aliphatic carbocycles. The summed E-state index contributed by atoms with van der Waals surface area (Å²) in [7, 11) is 3.61. The number of halogens is 1. The van der Waals surface area contributed by atoms with Crippen molar-refractivity contribution in [2.45, 2.75) is 26.4 Å². The lowest BCUT2D eigenvalue weighted by Gasteiger charge is -2.25. The second-order valence-electron chi connectivity index (χ2n) is 5.80. The van der Waals surface area contributed by atoms with Crippen molar-refractivity contribution in [2.75, 3.05) is 11.9 Å². The van der Waals surface area contributed by atoms with E-state index in [-0.39, 0.29) is 0 Å². The van der Waals surface area contributed by atoms with Crippen LogP contribution in [0.5, 0.6) is 0 Å². The number of nitrogens with zero attached hydrogens (tertiary/aromatic N) is 2. The molecule has 0 unspecified atom stereocenters. The molecule has 1 amide bonds. The molecule has 0 spiro atoms. The second-order valence-corrected chi connectivity index (χ2v) is 6.21.